The quantitative estimate of drug-likeness (QED) is 0.685. The summed E-state index contributed by atoms with van der Waals surface area (Å²) in [6.45, 7) is 5.35. The number of aliphatic hydroxyl groups is 1. The van der Waals surface area contributed by atoms with E-state index in [2.05, 4.69) is 0 Å². The van der Waals surface area contributed by atoms with Crippen LogP contribution in [0.25, 0.3) is 0 Å². The Balaban J connectivity index is 4.52. The summed E-state index contributed by atoms with van der Waals surface area (Å²) in [5.41, 5.74) is 0. The van der Waals surface area contributed by atoms with Crippen LogP contribution in [0.2, 0.25) is 0 Å². The second kappa shape index (κ2) is 6.51. The number of carbonyl (C=O) groups is 1. The number of hydrogen-bond donors (Lipinski definition) is 1. The Labute approximate surface area is 96.6 Å². The van der Waals surface area contributed by atoms with Gasteiger partial charge in [0.25, 0.3) is 0 Å². The van der Waals surface area contributed by atoms with E-state index in [1.807, 2.05) is 13.8 Å². The maximum absolute atomic E-state index is 11.4. The molecule has 0 saturated heterocycles. The molecule has 1 N–H and O–H groups in total. The van der Waals surface area contributed by atoms with E-state index in [1.165, 1.54) is 18.7 Å². The lowest BCUT2D eigenvalue weighted by Crippen LogP contribution is -2.41. The molecule has 3 nitrogen and oxygen atoms in total. The van der Waals surface area contributed by atoms with Crippen molar-refractivity contribution in [2.45, 2.75) is 44.6 Å². The molecule has 0 saturated carbocycles. The Kier molecular flexibility index (Phi) is 6.48. The van der Waals surface area contributed by atoms with Crippen LogP contribution in [0.1, 0.15) is 33.6 Å². The molecule has 0 rings (SSSR count). The van der Waals surface area contributed by atoms with Crippen molar-refractivity contribution >= 4 is 17.5 Å². The second-order valence-electron chi connectivity index (χ2n) is 3.86. The van der Waals surface area contributed by atoms with E-state index in [1.54, 1.807) is 13.4 Å². The van der Waals surface area contributed by atoms with Crippen LogP contribution < -0.4 is 0 Å². The van der Waals surface area contributed by atoms with Crippen molar-refractivity contribution in [3.8, 4) is 0 Å². The number of thioether (sulfide) groups is 1. The van der Waals surface area contributed by atoms with Crippen LogP contribution in [0.5, 0.6) is 0 Å². The molecule has 0 aromatic rings. The maximum Gasteiger partial charge on any atom is 0.171 e. The zero-order chi connectivity index (χ0) is 12.1. The van der Waals surface area contributed by atoms with E-state index in [-0.39, 0.29) is 17.8 Å². The molecule has 0 aromatic heterocycles. The summed E-state index contributed by atoms with van der Waals surface area (Å²) in [6, 6.07) is 0. The van der Waals surface area contributed by atoms with Gasteiger partial charge in [0.2, 0.25) is 0 Å². The van der Waals surface area contributed by atoms with Crippen LogP contribution in [0.15, 0.2) is 0 Å². The molecule has 4 heteroatoms. The normalized spacial score (nSPS) is 19.3. The van der Waals surface area contributed by atoms with Crippen molar-refractivity contribution in [3.63, 3.8) is 0 Å². The minimum atomic E-state index is -1.27. The van der Waals surface area contributed by atoms with E-state index in [4.69, 9.17) is 4.74 Å². The molecule has 0 aliphatic heterocycles. The summed E-state index contributed by atoms with van der Waals surface area (Å²) in [4.78, 5) is 10.1. The summed E-state index contributed by atoms with van der Waals surface area (Å²) in [5, 5.41) is 10.2. The van der Waals surface area contributed by atoms with Crippen molar-refractivity contribution in [2.75, 3.05) is 13.4 Å². The summed E-state index contributed by atoms with van der Waals surface area (Å²) in [5.74, 6) is -0.289. The second-order valence-corrected chi connectivity index (χ2v) is 4.89. The van der Waals surface area contributed by atoms with Crippen molar-refractivity contribution in [1.82, 2.24) is 0 Å². The predicted molar refractivity (Wildman–Crippen MR) is 64.0 cm³/mol. The Hall–Kier alpha value is -0.0600. The third kappa shape index (κ3) is 3.78. The Morgan fingerprint density at radius 3 is 2.40 bits per heavy atom. The minimum absolute atomic E-state index is 0.102. The standard InChI is InChI=1S/C11H22O3S/c1-6-10(14-4)7-8(2)11(13,15-5)9(3)12/h8,10,13H,6-7H2,1-5H3/t8-,10-,11?/m1/s1. The van der Waals surface area contributed by atoms with Crippen molar-refractivity contribution in [2.24, 2.45) is 5.92 Å². The lowest BCUT2D eigenvalue weighted by atomic mass is 9.93. The lowest BCUT2D eigenvalue weighted by Gasteiger charge is -2.31. The van der Waals surface area contributed by atoms with Crippen molar-refractivity contribution < 1.29 is 14.6 Å². The van der Waals surface area contributed by atoms with Crippen LogP contribution in [-0.4, -0.2) is 35.3 Å². The zero-order valence-corrected chi connectivity index (χ0v) is 11.1. The highest BCUT2D eigenvalue weighted by Crippen LogP contribution is 2.33. The molecule has 0 aliphatic carbocycles. The third-order valence-corrected chi connectivity index (χ3v) is 4.20. The van der Waals surface area contributed by atoms with Crippen LogP contribution in [0.3, 0.4) is 0 Å². The molecule has 1 unspecified atom stereocenters. The van der Waals surface area contributed by atoms with Gasteiger partial charge in [0.1, 0.15) is 0 Å². The average Bonchev–Trinajstić information content (AvgIpc) is 2.23. The van der Waals surface area contributed by atoms with E-state index < -0.39 is 4.93 Å². The predicted octanol–water partition coefficient (Wildman–Crippen LogP) is 2.08. The molecule has 90 valence electrons. The molecular weight excluding hydrogens is 212 g/mol. The molecule has 0 aromatic carbocycles. The van der Waals surface area contributed by atoms with Crippen LogP contribution >= 0.6 is 11.8 Å². The third-order valence-electron chi connectivity index (χ3n) is 2.89. The van der Waals surface area contributed by atoms with E-state index in [0.717, 1.165) is 6.42 Å². The summed E-state index contributed by atoms with van der Waals surface area (Å²) in [7, 11) is 1.66. The number of ether oxygens (including phenoxy) is 1. The first-order valence-corrected chi connectivity index (χ1v) is 6.46. The van der Waals surface area contributed by atoms with Gasteiger partial charge in [-0.25, -0.2) is 0 Å². The Bertz CT molecular complexity index is 204. The van der Waals surface area contributed by atoms with Gasteiger partial charge in [-0.3, -0.25) is 4.79 Å². The first-order chi connectivity index (χ1) is 6.92. The topological polar surface area (TPSA) is 46.5 Å². The number of carbonyl (C=O) groups excluding carboxylic acids is 1. The summed E-state index contributed by atoms with van der Waals surface area (Å²) in [6.07, 6.45) is 3.46. The highest BCUT2D eigenvalue weighted by Gasteiger charge is 2.38. The number of rotatable bonds is 7. The fourth-order valence-corrected chi connectivity index (χ4v) is 2.46. The minimum Gasteiger partial charge on any atom is -0.381 e. The molecule has 0 spiro atoms. The molecule has 0 radical (unpaired) electrons. The van der Waals surface area contributed by atoms with Gasteiger partial charge >= 0.3 is 0 Å². The van der Waals surface area contributed by atoms with Crippen LogP contribution in [-0.2, 0) is 9.53 Å². The SMILES string of the molecule is CC[C@H](C[C@@H](C)C(O)(SC)C(C)=O)OC. The van der Waals surface area contributed by atoms with Crippen LogP contribution in [0, 0.1) is 5.92 Å². The molecule has 15 heavy (non-hydrogen) atoms. The van der Waals surface area contributed by atoms with Gasteiger partial charge in [-0.15, -0.1) is 11.8 Å². The average molecular weight is 234 g/mol. The fourth-order valence-electron chi connectivity index (χ4n) is 1.68. The molecular formula is C11H22O3S. The number of methoxy groups -OCH3 is 1. The van der Waals surface area contributed by atoms with E-state index in [0.29, 0.717) is 6.42 Å². The van der Waals surface area contributed by atoms with Gasteiger partial charge in [-0.05, 0) is 26.0 Å². The highest BCUT2D eigenvalue weighted by atomic mass is 32.2. The van der Waals surface area contributed by atoms with Crippen LogP contribution in [0.4, 0.5) is 0 Å². The summed E-state index contributed by atoms with van der Waals surface area (Å²) >= 11 is 1.20. The van der Waals surface area contributed by atoms with Crippen molar-refractivity contribution in [3.05, 3.63) is 0 Å². The molecule has 0 amide bonds. The molecule has 0 heterocycles. The van der Waals surface area contributed by atoms with Crippen molar-refractivity contribution in [1.29, 1.82) is 0 Å². The highest BCUT2D eigenvalue weighted by molar-refractivity contribution is 8.00. The summed E-state index contributed by atoms with van der Waals surface area (Å²) < 4.78 is 5.26. The molecule has 0 bridgehead atoms. The number of hydrogen-bond acceptors (Lipinski definition) is 4. The van der Waals surface area contributed by atoms with Gasteiger partial charge in [0, 0.05) is 13.0 Å². The Morgan fingerprint density at radius 1 is 1.60 bits per heavy atom. The molecule has 3 atom stereocenters. The number of ketones is 1. The number of Topliss-reactive ketones (excluding diaryl/α,β-unsaturated/α-hetero) is 1. The molecule has 0 aliphatic rings. The van der Waals surface area contributed by atoms with Gasteiger partial charge in [-0.1, -0.05) is 13.8 Å². The smallest absolute Gasteiger partial charge is 0.171 e. The Morgan fingerprint density at radius 2 is 2.13 bits per heavy atom. The van der Waals surface area contributed by atoms with Gasteiger partial charge < -0.3 is 9.84 Å². The lowest BCUT2D eigenvalue weighted by molar-refractivity contribution is -0.131. The largest absolute Gasteiger partial charge is 0.381 e. The van der Waals surface area contributed by atoms with E-state index in [9.17, 15) is 9.90 Å². The maximum atomic E-state index is 11.4. The monoisotopic (exact) mass is 234 g/mol. The first-order valence-electron chi connectivity index (χ1n) is 5.23. The first kappa shape index (κ1) is 14.9. The molecule has 0 fully saturated rings. The van der Waals surface area contributed by atoms with E-state index >= 15 is 0 Å². The van der Waals surface area contributed by atoms with Gasteiger partial charge in [0.15, 0.2) is 10.7 Å². The van der Waals surface area contributed by atoms with Gasteiger partial charge in [-0.2, -0.15) is 0 Å². The van der Waals surface area contributed by atoms with Gasteiger partial charge in [0.05, 0.1) is 6.10 Å². The fraction of sp³-hybridized carbons (Fsp3) is 0.909. The zero-order valence-electron chi connectivity index (χ0n) is 10.2.